The Balaban J connectivity index is 2.50. The summed E-state index contributed by atoms with van der Waals surface area (Å²) in [7, 11) is 0. The van der Waals surface area contributed by atoms with E-state index in [0.717, 1.165) is 12.1 Å². The van der Waals surface area contributed by atoms with Crippen molar-refractivity contribution < 1.29 is 4.52 Å². The molecule has 0 aromatic carbocycles. The highest BCUT2D eigenvalue weighted by molar-refractivity contribution is 4.87. The first kappa shape index (κ1) is 5.24. The summed E-state index contributed by atoms with van der Waals surface area (Å²) in [6.07, 6.45) is 2.23. The molecular weight excluding hydrogens is 106 g/mol. The molecular formula is C4H7N3O. The minimum atomic E-state index is 0.591. The van der Waals surface area contributed by atoms with E-state index >= 15 is 0 Å². The summed E-state index contributed by atoms with van der Waals surface area (Å²) in [6, 6.07) is 0. The van der Waals surface area contributed by atoms with Crippen molar-refractivity contribution in [2.24, 2.45) is 5.73 Å². The van der Waals surface area contributed by atoms with Gasteiger partial charge in [0.05, 0.1) is 0 Å². The van der Waals surface area contributed by atoms with Crippen LogP contribution in [0.4, 0.5) is 0 Å². The highest BCUT2D eigenvalue weighted by Crippen LogP contribution is 1.88. The van der Waals surface area contributed by atoms with Gasteiger partial charge >= 0.3 is 0 Å². The van der Waals surface area contributed by atoms with Crippen molar-refractivity contribution in [1.29, 1.82) is 0 Å². The molecule has 0 radical (unpaired) electrons. The van der Waals surface area contributed by atoms with Crippen LogP contribution in [0, 0.1) is 0 Å². The van der Waals surface area contributed by atoms with E-state index in [2.05, 4.69) is 14.9 Å². The fourth-order valence-electron chi connectivity index (χ4n) is 0.441. The summed E-state index contributed by atoms with van der Waals surface area (Å²) in [6.45, 7) is 0.591. The molecule has 1 aromatic heterocycles. The molecule has 4 nitrogen and oxygen atoms in total. The molecule has 0 fully saturated rings. The second-order valence-corrected chi connectivity index (χ2v) is 1.43. The number of hydrogen-bond donors (Lipinski definition) is 1. The van der Waals surface area contributed by atoms with Crippen molar-refractivity contribution >= 4 is 0 Å². The maximum absolute atomic E-state index is 5.21. The Morgan fingerprint density at radius 1 is 1.75 bits per heavy atom. The zero-order chi connectivity index (χ0) is 5.82. The Morgan fingerprint density at radius 2 is 2.62 bits per heavy atom. The van der Waals surface area contributed by atoms with Gasteiger partial charge in [0.15, 0.2) is 0 Å². The number of nitrogens with zero attached hydrogens (tertiary/aromatic N) is 2. The second kappa shape index (κ2) is 2.42. The lowest BCUT2D eigenvalue weighted by molar-refractivity contribution is 0.392. The van der Waals surface area contributed by atoms with Gasteiger partial charge in [0, 0.05) is 11.7 Å². The van der Waals surface area contributed by atoms with Gasteiger partial charge in [-0.15, -0.1) is 5.10 Å². The molecule has 4 heteroatoms. The van der Waals surface area contributed by atoms with Crippen LogP contribution in [-0.4, -0.2) is 16.9 Å². The van der Waals surface area contributed by atoms with Crippen molar-refractivity contribution in [2.75, 3.05) is 6.54 Å². The monoisotopic (exact) mass is 113 g/mol. The summed E-state index contributed by atoms with van der Waals surface area (Å²) in [5.41, 5.74) is 6.02. The van der Waals surface area contributed by atoms with Crippen LogP contribution in [0.1, 0.15) is 5.69 Å². The lowest BCUT2D eigenvalue weighted by Crippen LogP contribution is -2.02. The largest absolute Gasteiger partial charge is 0.345 e. The van der Waals surface area contributed by atoms with Crippen LogP contribution in [0.2, 0.25) is 0 Å². The third-order valence-corrected chi connectivity index (χ3v) is 0.806. The van der Waals surface area contributed by atoms with Gasteiger partial charge in [-0.1, -0.05) is 0 Å². The van der Waals surface area contributed by atoms with Crippen LogP contribution in [0.3, 0.4) is 0 Å². The minimum absolute atomic E-state index is 0.591. The SMILES string of the molecule is NCCc1conn1. The zero-order valence-electron chi connectivity index (χ0n) is 4.37. The Kier molecular flexibility index (Phi) is 1.58. The van der Waals surface area contributed by atoms with Crippen molar-refractivity contribution in [3.8, 4) is 0 Å². The normalized spacial score (nSPS) is 9.62. The maximum atomic E-state index is 5.21. The van der Waals surface area contributed by atoms with Crippen LogP contribution in [0.25, 0.3) is 0 Å². The lowest BCUT2D eigenvalue weighted by Gasteiger charge is -1.81. The summed E-state index contributed by atoms with van der Waals surface area (Å²) in [5, 5.41) is 6.87. The number of rotatable bonds is 2. The molecule has 0 saturated heterocycles. The van der Waals surface area contributed by atoms with E-state index in [4.69, 9.17) is 5.73 Å². The Labute approximate surface area is 46.7 Å². The van der Waals surface area contributed by atoms with E-state index < -0.39 is 0 Å². The van der Waals surface area contributed by atoms with Gasteiger partial charge in [0.1, 0.15) is 12.0 Å². The van der Waals surface area contributed by atoms with Crippen molar-refractivity contribution in [3.63, 3.8) is 0 Å². The maximum Gasteiger partial charge on any atom is 0.147 e. The average Bonchev–Trinajstić information content (AvgIpc) is 2.19. The van der Waals surface area contributed by atoms with Gasteiger partial charge in [0.2, 0.25) is 0 Å². The molecule has 44 valence electrons. The van der Waals surface area contributed by atoms with Crippen molar-refractivity contribution in [2.45, 2.75) is 6.42 Å². The highest BCUT2D eigenvalue weighted by atomic mass is 16.5. The first-order valence-corrected chi connectivity index (χ1v) is 2.39. The van der Waals surface area contributed by atoms with E-state index in [1.54, 1.807) is 0 Å². The summed E-state index contributed by atoms with van der Waals surface area (Å²) in [5.74, 6) is 0. The van der Waals surface area contributed by atoms with E-state index in [9.17, 15) is 0 Å². The minimum Gasteiger partial charge on any atom is -0.345 e. The quantitative estimate of drug-likeness (QED) is 0.565. The van der Waals surface area contributed by atoms with Gasteiger partial charge in [-0.25, -0.2) is 0 Å². The zero-order valence-corrected chi connectivity index (χ0v) is 4.37. The number of nitrogens with two attached hydrogens (primary N) is 1. The van der Waals surface area contributed by atoms with E-state index in [1.165, 1.54) is 6.26 Å². The molecule has 0 aliphatic heterocycles. The summed E-state index contributed by atoms with van der Waals surface area (Å²) >= 11 is 0. The molecule has 0 amide bonds. The average molecular weight is 113 g/mol. The molecule has 0 bridgehead atoms. The van der Waals surface area contributed by atoms with E-state index in [1.807, 2.05) is 0 Å². The number of aromatic nitrogens is 2. The fourth-order valence-corrected chi connectivity index (χ4v) is 0.441. The van der Waals surface area contributed by atoms with Crippen LogP contribution in [0.15, 0.2) is 10.8 Å². The Morgan fingerprint density at radius 3 is 3.12 bits per heavy atom. The predicted octanol–water partition coefficient (Wildman–Crippen LogP) is -0.429. The van der Waals surface area contributed by atoms with Crippen molar-refractivity contribution in [1.82, 2.24) is 10.4 Å². The third kappa shape index (κ3) is 1.04. The molecule has 2 N–H and O–H groups in total. The molecule has 0 atom stereocenters. The molecule has 0 spiro atoms. The van der Waals surface area contributed by atoms with E-state index in [-0.39, 0.29) is 0 Å². The molecule has 1 heterocycles. The topological polar surface area (TPSA) is 64.9 Å². The highest BCUT2D eigenvalue weighted by Gasteiger charge is 1.91. The van der Waals surface area contributed by atoms with Crippen LogP contribution in [-0.2, 0) is 6.42 Å². The third-order valence-electron chi connectivity index (χ3n) is 0.806. The molecule has 0 aliphatic rings. The molecule has 0 saturated carbocycles. The molecule has 0 aliphatic carbocycles. The summed E-state index contributed by atoms with van der Waals surface area (Å²) in [4.78, 5) is 0. The first-order valence-electron chi connectivity index (χ1n) is 2.39. The molecule has 0 unspecified atom stereocenters. The first-order chi connectivity index (χ1) is 3.93. The smallest absolute Gasteiger partial charge is 0.147 e. The van der Waals surface area contributed by atoms with E-state index in [0.29, 0.717) is 6.54 Å². The van der Waals surface area contributed by atoms with Crippen molar-refractivity contribution in [3.05, 3.63) is 12.0 Å². The van der Waals surface area contributed by atoms with Gasteiger partial charge < -0.3 is 10.3 Å². The van der Waals surface area contributed by atoms with Gasteiger partial charge in [-0.3, -0.25) is 0 Å². The van der Waals surface area contributed by atoms with Gasteiger partial charge in [0.25, 0.3) is 0 Å². The standard InChI is InChI=1S/C4H7N3O/c5-2-1-4-3-8-7-6-4/h3H,1-2,5H2. The van der Waals surface area contributed by atoms with Crippen LogP contribution < -0.4 is 5.73 Å². The molecule has 1 rings (SSSR count). The van der Waals surface area contributed by atoms with Gasteiger partial charge in [-0.2, -0.15) is 0 Å². The Hall–Kier alpha value is -0.900. The fraction of sp³-hybridized carbons (Fsp3) is 0.500. The molecule has 1 aromatic rings. The summed E-state index contributed by atoms with van der Waals surface area (Å²) < 4.78 is 4.45. The lowest BCUT2D eigenvalue weighted by atomic mass is 10.3. The van der Waals surface area contributed by atoms with Crippen LogP contribution >= 0.6 is 0 Å². The second-order valence-electron chi connectivity index (χ2n) is 1.43. The Bertz CT molecular complexity index is 137. The van der Waals surface area contributed by atoms with Gasteiger partial charge in [-0.05, 0) is 6.54 Å². The molecule has 8 heavy (non-hydrogen) atoms. The predicted molar refractivity (Wildman–Crippen MR) is 27.1 cm³/mol. The van der Waals surface area contributed by atoms with Crippen LogP contribution in [0.5, 0.6) is 0 Å². The number of hydrogen-bond acceptors (Lipinski definition) is 4.